The SMILES string of the molecule is CCOc1c(CC(N)=O)cc([C@@](O)(CNC(=O)c2cc(OC)c3nc(C)c(Cl)cc3c2)C(F)(F)F)nc1-c1cc(F)c(F)cc1F. The van der Waals surface area contributed by atoms with Crippen LogP contribution in [0.5, 0.6) is 11.5 Å². The molecule has 0 radical (unpaired) electrons. The van der Waals surface area contributed by atoms with E-state index in [0.717, 1.165) is 0 Å². The summed E-state index contributed by atoms with van der Waals surface area (Å²) in [5.74, 6) is -7.11. The van der Waals surface area contributed by atoms with E-state index in [9.17, 15) is 41.0 Å². The van der Waals surface area contributed by atoms with Crippen LogP contribution in [0.3, 0.4) is 0 Å². The van der Waals surface area contributed by atoms with Crippen LogP contribution in [0, 0.1) is 24.4 Å². The van der Waals surface area contributed by atoms with Crippen LogP contribution in [-0.2, 0) is 16.8 Å². The van der Waals surface area contributed by atoms with Crippen LogP contribution in [0.4, 0.5) is 26.3 Å². The number of nitrogens with one attached hydrogen (secondary N) is 1. The Bertz CT molecular complexity index is 1860. The van der Waals surface area contributed by atoms with Gasteiger partial charge in [0.15, 0.2) is 11.6 Å². The summed E-state index contributed by atoms with van der Waals surface area (Å²) < 4.78 is 97.4. The number of carbonyl (C=O) groups is 2. The van der Waals surface area contributed by atoms with E-state index in [-0.39, 0.29) is 34.6 Å². The Balaban J connectivity index is 1.85. The van der Waals surface area contributed by atoms with Crippen LogP contribution in [-0.4, -0.2) is 53.3 Å². The number of rotatable bonds is 10. The zero-order valence-electron chi connectivity index (χ0n) is 24.3. The Morgan fingerprint density at radius 2 is 1.70 bits per heavy atom. The van der Waals surface area contributed by atoms with Gasteiger partial charge in [0, 0.05) is 28.1 Å². The number of pyridine rings is 2. The van der Waals surface area contributed by atoms with Crippen molar-refractivity contribution in [3.8, 4) is 22.8 Å². The molecule has 2 aromatic heterocycles. The predicted octanol–water partition coefficient (Wildman–Crippen LogP) is 5.29. The van der Waals surface area contributed by atoms with Crippen LogP contribution < -0.4 is 20.5 Å². The number of alkyl halides is 3. The molecule has 0 aliphatic carbocycles. The summed E-state index contributed by atoms with van der Waals surface area (Å²) in [6.45, 7) is 1.36. The van der Waals surface area contributed by atoms with E-state index in [4.69, 9.17) is 26.8 Å². The number of fused-ring (bicyclic) bond motifs is 1. The summed E-state index contributed by atoms with van der Waals surface area (Å²) in [6.07, 6.45) is -6.33. The van der Waals surface area contributed by atoms with E-state index >= 15 is 0 Å². The number of amides is 2. The molecule has 244 valence electrons. The third kappa shape index (κ3) is 6.65. The minimum absolute atomic E-state index is 0.107. The first-order valence-corrected chi connectivity index (χ1v) is 13.7. The van der Waals surface area contributed by atoms with Crippen LogP contribution in [0.1, 0.15) is 34.2 Å². The molecule has 0 aliphatic rings. The highest BCUT2D eigenvalue weighted by Gasteiger charge is 2.57. The number of methoxy groups -OCH3 is 1. The van der Waals surface area contributed by atoms with Crippen LogP contribution in [0.15, 0.2) is 36.4 Å². The van der Waals surface area contributed by atoms with Crippen molar-refractivity contribution in [1.82, 2.24) is 15.3 Å². The van der Waals surface area contributed by atoms with Gasteiger partial charge in [-0.2, -0.15) is 13.2 Å². The fourth-order valence-corrected chi connectivity index (χ4v) is 4.72. The van der Waals surface area contributed by atoms with Crippen LogP contribution in [0.25, 0.3) is 22.2 Å². The highest BCUT2D eigenvalue weighted by Crippen LogP contribution is 2.42. The number of ether oxygens (including phenoxy) is 2. The second-order valence-corrected chi connectivity index (χ2v) is 10.4. The van der Waals surface area contributed by atoms with Gasteiger partial charge in [-0.3, -0.25) is 9.59 Å². The third-order valence-electron chi connectivity index (χ3n) is 6.86. The number of hydrogen-bond acceptors (Lipinski definition) is 7. The molecule has 0 saturated heterocycles. The second kappa shape index (κ2) is 13.0. The summed E-state index contributed by atoms with van der Waals surface area (Å²) >= 11 is 6.14. The average molecular weight is 671 g/mol. The lowest BCUT2D eigenvalue weighted by Crippen LogP contribution is -2.51. The molecular weight excluding hydrogens is 646 g/mol. The molecule has 46 heavy (non-hydrogen) atoms. The predicted molar refractivity (Wildman–Crippen MR) is 154 cm³/mol. The van der Waals surface area contributed by atoms with Gasteiger partial charge < -0.3 is 25.6 Å². The zero-order valence-corrected chi connectivity index (χ0v) is 25.0. The molecule has 2 amide bonds. The van der Waals surface area contributed by atoms with Gasteiger partial charge in [0.2, 0.25) is 11.5 Å². The molecule has 0 unspecified atom stereocenters. The smallest absolute Gasteiger partial charge is 0.424 e. The molecule has 4 rings (SSSR count). The maximum Gasteiger partial charge on any atom is 0.424 e. The quantitative estimate of drug-likeness (QED) is 0.154. The van der Waals surface area contributed by atoms with Gasteiger partial charge in [-0.25, -0.2) is 23.1 Å². The Kier molecular flexibility index (Phi) is 9.68. The highest BCUT2D eigenvalue weighted by molar-refractivity contribution is 6.31. The van der Waals surface area contributed by atoms with Gasteiger partial charge in [0.1, 0.15) is 28.5 Å². The van der Waals surface area contributed by atoms with Crippen LogP contribution >= 0.6 is 11.6 Å². The Morgan fingerprint density at radius 1 is 1.02 bits per heavy atom. The fourth-order valence-electron chi connectivity index (χ4n) is 4.56. The number of hydrogen-bond donors (Lipinski definition) is 3. The van der Waals surface area contributed by atoms with Crippen molar-refractivity contribution in [3.63, 3.8) is 0 Å². The molecular formula is C30H25ClF6N4O5. The maximum absolute atomic E-state index is 14.9. The van der Waals surface area contributed by atoms with Crippen molar-refractivity contribution in [1.29, 1.82) is 0 Å². The van der Waals surface area contributed by atoms with Crippen molar-refractivity contribution in [2.45, 2.75) is 32.0 Å². The Labute approximate surface area is 262 Å². The summed E-state index contributed by atoms with van der Waals surface area (Å²) in [6, 6.07) is 5.11. The standard InChI is InChI=1S/C30H25ClF6N4O5/c1-4-46-27-15(9-24(38)42)8-23(41-26(27)17-10-20(33)21(34)11-19(17)32)29(44,30(35,36)37)12-39-28(43)16-5-14-6-18(31)13(2)40-25(14)22(7-16)45-3/h5-8,10-11,44H,4,9,12H2,1-3H3,(H2,38,42)(H,39,43)/t29-/m0/s1. The maximum atomic E-state index is 14.9. The van der Waals surface area contributed by atoms with Gasteiger partial charge in [-0.15, -0.1) is 0 Å². The largest absolute Gasteiger partial charge is 0.494 e. The number of primary amides is 1. The minimum Gasteiger partial charge on any atom is -0.494 e. The lowest BCUT2D eigenvalue weighted by Gasteiger charge is -2.31. The summed E-state index contributed by atoms with van der Waals surface area (Å²) in [5.41, 5.74) is -1.35. The molecule has 2 aromatic carbocycles. The van der Waals surface area contributed by atoms with E-state index in [1.807, 2.05) is 5.32 Å². The molecule has 4 aromatic rings. The van der Waals surface area contributed by atoms with E-state index in [2.05, 4.69) is 9.97 Å². The van der Waals surface area contributed by atoms with E-state index < -0.39 is 76.7 Å². The first kappa shape index (κ1) is 34.2. The first-order chi connectivity index (χ1) is 21.5. The Hall–Kier alpha value is -4.63. The average Bonchev–Trinajstić information content (AvgIpc) is 2.97. The molecule has 0 aliphatic heterocycles. The van der Waals surface area contributed by atoms with Gasteiger partial charge in [-0.05, 0) is 44.2 Å². The van der Waals surface area contributed by atoms with Crippen LogP contribution in [0.2, 0.25) is 5.02 Å². The van der Waals surface area contributed by atoms with E-state index in [1.165, 1.54) is 32.2 Å². The number of aliphatic hydroxyl groups is 1. The molecule has 1 atom stereocenters. The number of aromatic nitrogens is 2. The number of halogens is 7. The van der Waals surface area contributed by atoms with Crippen molar-refractivity contribution in [3.05, 3.63) is 81.4 Å². The lowest BCUT2D eigenvalue weighted by molar-refractivity contribution is -0.265. The van der Waals surface area contributed by atoms with Gasteiger partial charge >= 0.3 is 6.18 Å². The molecule has 2 heterocycles. The molecule has 9 nitrogen and oxygen atoms in total. The molecule has 16 heteroatoms. The van der Waals surface area contributed by atoms with Gasteiger partial charge in [0.05, 0.1) is 43.1 Å². The van der Waals surface area contributed by atoms with Gasteiger partial charge in [0.25, 0.3) is 5.91 Å². The van der Waals surface area contributed by atoms with E-state index in [0.29, 0.717) is 28.7 Å². The normalized spacial score (nSPS) is 12.9. The highest BCUT2D eigenvalue weighted by atomic mass is 35.5. The molecule has 4 N–H and O–H groups in total. The summed E-state index contributed by atoms with van der Waals surface area (Å²) in [4.78, 5) is 33.1. The number of nitrogens with zero attached hydrogens (tertiary/aromatic N) is 2. The second-order valence-electron chi connectivity index (χ2n) is 10.0. The van der Waals surface area contributed by atoms with E-state index in [1.54, 1.807) is 6.92 Å². The topological polar surface area (TPSA) is 137 Å². The zero-order chi connectivity index (χ0) is 34.1. The van der Waals surface area contributed by atoms with Crippen molar-refractivity contribution < 1.29 is 50.5 Å². The van der Waals surface area contributed by atoms with Crippen molar-refractivity contribution in [2.24, 2.45) is 5.73 Å². The Morgan fingerprint density at radius 3 is 2.30 bits per heavy atom. The number of carbonyl (C=O) groups excluding carboxylic acids is 2. The molecule has 0 fully saturated rings. The van der Waals surface area contributed by atoms with Gasteiger partial charge in [-0.1, -0.05) is 11.6 Å². The number of aryl methyl sites for hydroxylation is 1. The fraction of sp³-hybridized carbons (Fsp3) is 0.267. The first-order valence-electron chi connectivity index (χ1n) is 13.3. The lowest BCUT2D eigenvalue weighted by atomic mass is 9.93. The number of nitrogens with two attached hydrogens (primary N) is 1. The number of benzene rings is 2. The summed E-state index contributed by atoms with van der Waals surface area (Å²) in [7, 11) is 1.29. The third-order valence-corrected chi connectivity index (χ3v) is 7.24. The molecule has 0 saturated carbocycles. The minimum atomic E-state index is -5.55. The molecule has 0 bridgehead atoms. The molecule has 0 spiro atoms. The summed E-state index contributed by atoms with van der Waals surface area (Å²) in [5, 5.41) is 13.7. The van der Waals surface area contributed by atoms with Crippen molar-refractivity contribution >= 4 is 34.3 Å². The monoisotopic (exact) mass is 670 g/mol. The van der Waals surface area contributed by atoms with Crippen molar-refractivity contribution in [2.75, 3.05) is 20.3 Å².